The number of benzene rings is 6. The Kier molecular flexibility index (Phi) is 5.91. The number of hydrogen-bond acceptors (Lipinski definition) is 4. The molecule has 1 aliphatic rings. The largest absolute Gasteiger partial charge is 0.456 e. The minimum absolute atomic E-state index is 0.611. The van der Waals surface area contributed by atoms with Crippen LogP contribution in [0.25, 0.3) is 78.4 Å². The van der Waals surface area contributed by atoms with E-state index in [0.717, 1.165) is 51.5 Å². The quantitative estimate of drug-likeness (QED) is 0.209. The first kappa shape index (κ1) is 25.6. The highest BCUT2D eigenvalue weighted by molar-refractivity contribution is 6.05. The maximum Gasteiger partial charge on any atom is 0.164 e. The van der Waals surface area contributed by atoms with Crippen LogP contribution in [0.4, 0.5) is 0 Å². The normalized spacial score (nSPS) is 12.3. The molecule has 0 atom stereocenters. The summed E-state index contributed by atoms with van der Waals surface area (Å²) in [6, 6.07) is 48.5. The SMILES string of the molecule is c1ccc(-c2nc(-c3ccc(-c4ccc5c(c4)CCc4ccccc4-5)cc3)nc(-c3ccc4c(c3)oc3ccccc34)n2)cc1. The van der Waals surface area contributed by atoms with Gasteiger partial charge in [-0.3, -0.25) is 0 Å². The molecule has 0 bridgehead atoms. The Bertz CT molecular complexity index is 2370. The Balaban J connectivity index is 1.11. The molecule has 0 saturated heterocycles. The standard InChI is InChI=1S/C41H27N3O/c1-2-9-28(10-3-1)39-42-40(44-41(43-39)32-21-23-36-35-12-6-7-13-37(35)45-38(36)25-32)29-17-14-26(15-18-29)30-20-22-34-31(24-30)19-16-27-8-4-5-11-33(27)34/h1-15,17-18,20-25H,16,19H2. The van der Waals surface area contributed by atoms with Crippen LogP contribution in [0.1, 0.15) is 11.1 Å². The number of aryl methyl sites for hydroxylation is 2. The maximum atomic E-state index is 6.18. The number of hydrogen-bond donors (Lipinski definition) is 0. The van der Waals surface area contributed by atoms with Crippen molar-refractivity contribution in [2.24, 2.45) is 0 Å². The van der Waals surface area contributed by atoms with Gasteiger partial charge in [-0.2, -0.15) is 0 Å². The van der Waals surface area contributed by atoms with Crippen molar-refractivity contribution in [1.29, 1.82) is 0 Å². The molecule has 4 nitrogen and oxygen atoms in total. The van der Waals surface area contributed by atoms with E-state index >= 15 is 0 Å². The summed E-state index contributed by atoms with van der Waals surface area (Å²) in [5.74, 6) is 1.89. The minimum atomic E-state index is 0.611. The molecule has 0 saturated carbocycles. The van der Waals surface area contributed by atoms with Crippen LogP contribution in [0.2, 0.25) is 0 Å². The van der Waals surface area contributed by atoms with Crippen LogP contribution in [0, 0.1) is 0 Å². The van der Waals surface area contributed by atoms with Crippen LogP contribution in [-0.4, -0.2) is 15.0 Å². The van der Waals surface area contributed by atoms with Gasteiger partial charge in [-0.1, -0.05) is 121 Å². The summed E-state index contributed by atoms with van der Waals surface area (Å²) in [6.45, 7) is 0. The van der Waals surface area contributed by atoms with E-state index in [4.69, 9.17) is 19.4 Å². The first-order valence-electron chi connectivity index (χ1n) is 15.3. The summed E-state index contributed by atoms with van der Waals surface area (Å²) in [5, 5.41) is 2.18. The average Bonchev–Trinajstić information content (AvgIpc) is 3.49. The molecule has 4 heteroatoms. The van der Waals surface area contributed by atoms with Crippen molar-refractivity contribution in [2.75, 3.05) is 0 Å². The predicted octanol–water partition coefficient (Wildman–Crippen LogP) is 10.2. The second-order valence-electron chi connectivity index (χ2n) is 11.6. The van der Waals surface area contributed by atoms with Gasteiger partial charge in [0, 0.05) is 27.5 Å². The monoisotopic (exact) mass is 577 g/mol. The second kappa shape index (κ2) is 10.4. The highest BCUT2D eigenvalue weighted by Crippen LogP contribution is 2.37. The molecule has 9 rings (SSSR count). The summed E-state index contributed by atoms with van der Waals surface area (Å²) < 4.78 is 6.18. The summed E-state index contributed by atoms with van der Waals surface area (Å²) in [4.78, 5) is 14.8. The molecule has 2 aromatic heterocycles. The predicted molar refractivity (Wildman–Crippen MR) is 182 cm³/mol. The van der Waals surface area contributed by atoms with Crippen LogP contribution >= 0.6 is 0 Å². The summed E-state index contributed by atoms with van der Waals surface area (Å²) in [6.07, 6.45) is 2.15. The average molecular weight is 578 g/mol. The van der Waals surface area contributed by atoms with Crippen molar-refractivity contribution in [2.45, 2.75) is 12.8 Å². The van der Waals surface area contributed by atoms with Crippen molar-refractivity contribution in [3.63, 3.8) is 0 Å². The van der Waals surface area contributed by atoms with E-state index < -0.39 is 0 Å². The van der Waals surface area contributed by atoms with E-state index in [2.05, 4.69) is 84.9 Å². The van der Waals surface area contributed by atoms with Crippen LogP contribution in [0.3, 0.4) is 0 Å². The topological polar surface area (TPSA) is 51.8 Å². The molecule has 8 aromatic rings. The highest BCUT2D eigenvalue weighted by atomic mass is 16.3. The second-order valence-corrected chi connectivity index (χ2v) is 11.6. The molecule has 0 fully saturated rings. The Hall–Kier alpha value is -5.87. The lowest BCUT2D eigenvalue weighted by molar-refractivity contribution is 0.669. The number of rotatable bonds is 4. The van der Waals surface area contributed by atoms with E-state index in [9.17, 15) is 0 Å². The van der Waals surface area contributed by atoms with E-state index in [-0.39, 0.29) is 0 Å². The Morgan fingerprint density at radius 1 is 0.378 bits per heavy atom. The lowest BCUT2D eigenvalue weighted by Gasteiger charge is -2.20. The summed E-state index contributed by atoms with van der Waals surface area (Å²) in [7, 11) is 0. The molecular formula is C41H27N3O. The molecule has 0 amide bonds. The molecule has 212 valence electrons. The fourth-order valence-corrected chi connectivity index (χ4v) is 6.54. The number of aromatic nitrogens is 3. The number of para-hydroxylation sites is 1. The molecule has 2 heterocycles. The first-order valence-corrected chi connectivity index (χ1v) is 15.3. The van der Waals surface area contributed by atoms with Crippen LogP contribution in [-0.2, 0) is 12.8 Å². The van der Waals surface area contributed by atoms with Gasteiger partial charge in [0.05, 0.1) is 0 Å². The zero-order valence-corrected chi connectivity index (χ0v) is 24.4. The van der Waals surface area contributed by atoms with E-state index in [1.165, 1.54) is 33.4 Å². The molecule has 0 aliphatic heterocycles. The van der Waals surface area contributed by atoms with Gasteiger partial charge in [0.25, 0.3) is 0 Å². The summed E-state index contributed by atoms with van der Waals surface area (Å²) in [5.41, 5.74) is 12.4. The molecule has 0 unspecified atom stereocenters. The fraction of sp³-hybridized carbons (Fsp3) is 0.0488. The molecule has 45 heavy (non-hydrogen) atoms. The number of nitrogens with zero attached hydrogens (tertiary/aromatic N) is 3. The van der Waals surface area contributed by atoms with Crippen LogP contribution in [0.15, 0.2) is 144 Å². The molecule has 0 N–H and O–H groups in total. The molecule has 0 radical (unpaired) electrons. The van der Waals surface area contributed by atoms with Crippen molar-refractivity contribution in [3.05, 3.63) is 151 Å². The highest BCUT2D eigenvalue weighted by Gasteiger charge is 2.17. The molecular weight excluding hydrogens is 550 g/mol. The van der Waals surface area contributed by atoms with Gasteiger partial charge in [-0.15, -0.1) is 0 Å². The van der Waals surface area contributed by atoms with Gasteiger partial charge >= 0.3 is 0 Å². The molecule has 1 aliphatic carbocycles. The van der Waals surface area contributed by atoms with Crippen molar-refractivity contribution < 1.29 is 4.42 Å². The Labute approximate surface area is 260 Å². The third-order valence-electron chi connectivity index (χ3n) is 8.86. The third kappa shape index (κ3) is 4.50. The van der Waals surface area contributed by atoms with Gasteiger partial charge < -0.3 is 4.42 Å². The Morgan fingerprint density at radius 3 is 1.80 bits per heavy atom. The summed E-state index contributed by atoms with van der Waals surface area (Å²) >= 11 is 0. The van der Waals surface area contributed by atoms with Crippen molar-refractivity contribution >= 4 is 21.9 Å². The van der Waals surface area contributed by atoms with Gasteiger partial charge in [0.1, 0.15) is 11.2 Å². The number of furan rings is 1. The number of fused-ring (bicyclic) bond motifs is 6. The van der Waals surface area contributed by atoms with Crippen LogP contribution in [0.5, 0.6) is 0 Å². The van der Waals surface area contributed by atoms with Crippen molar-refractivity contribution in [3.8, 4) is 56.4 Å². The minimum Gasteiger partial charge on any atom is -0.456 e. The smallest absolute Gasteiger partial charge is 0.164 e. The van der Waals surface area contributed by atoms with Gasteiger partial charge in [-0.05, 0) is 64.4 Å². The van der Waals surface area contributed by atoms with Crippen LogP contribution < -0.4 is 0 Å². The van der Waals surface area contributed by atoms with E-state index in [1.807, 2.05) is 54.6 Å². The fourth-order valence-electron chi connectivity index (χ4n) is 6.54. The first-order chi connectivity index (χ1) is 22.3. The molecule has 0 spiro atoms. The third-order valence-corrected chi connectivity index (χ3v) is 8.86. The Morgan fingerprint density at radius 2 is 0.956 bits per heavy atom. The van der Waals surface area contributed by atoms with Crippen molar-refractivity contribution in [1.82, 2.24) is 15.0 Å². The van der Waals surface area contributed by atoms with E-state index in [0.29, 0.717) is 17.5 Å². The van der Waals surface area contributed by atoms with E-state index in [1.54, 1.807) is 0 Å². The van der Waals surface area contributed by atoms with Gasteiger partial charge in [0.2, 0.25) is 0 Å². The van der Waals surface area contributed by atoms with Gasteiger partial charge in [0.15, 0.2) is 17.5 Å². The van der Waals surface area contributed by atoms with Gasteiger partial charge in [-0.25, -0.2) is 15.0 Å². The lowest BCUT2D eigenvalue weighted by Crippen LogP contribution is -2.03. The zero-order valence-electron chi connectivity index (χ0n) is 24.4. The lowest BCUT2D eigenvalue weighted by atomic mass is 9.84. The molecule has 6 aromatic carbocycles. The maximum absolute atomic E-state index is 6.18. The zero-order chi connectivity index (χ0) is 29.7.